The number of ether oxygens (including phenoxy) is 2. The predicted molar refractivity (Wildman–Crippen MR) is 106 cm³/mol. The van der Waals surface area contributed by atoms with E-state index in [1.54, 1.807) is 31.4 Å². The molecular weight excluding hydrogens is 364 g/mol. The van der Waals surface area contributed by atoms with Gasteiger partial charge in [0.2, 0.25) is 11.8 Å². The molecule has 3 rings (SSSR count). The molecule has 6 nitrogen and oxygen atoms in total. The topological polar surface area (TPSA) is 76.7 Å². The van der Waals surface area contributed by atoms with Gasteiger partial charge in [0.15, 0.2) is 0 Å². The first-order valence-corrected chi connectivity index (χ1v) is 9.84. The molecule has 0 bridgehead atoms. The first-order valence-electron chi connectivity index (χ1n) is 8.68. The number of anilines is 1. The third-order valence-electron chi connectivity index (χ3n) is 4.13. The molecule has 0 aromatic heterocycles. The molecule has 2 amide bonds. The minimum Gasteiger partial charge on any atom is -0.497 e. The molecule has 0 aliphatic carbocycles. The van der Waals surface area contributed by atoms with Gasteiger partial charge in [-0.25, -0.2) is 0 Å². The lowest BCUT2D eigenvalue weighted by atomic mass is 10.0. The van der Waals surface area contributed by atoms with E-state index in [0.29, 0.717) is 12.3 Å². The summed E-state index contributed by atoms with van der Waals surface area (Å²) in [6.07, 6.45) is 0.741. The van der Waals surface area contributed by atoms with E-state index in [1.807, 2.05) is 24.3 Å². The number of hydrogen-bond donors (Lipinski definition) is 2. The lowest BCUT2D eigenvalue weighted by Gasteiger charge is -2.26. The Kier molecular flexibility index (Phi) is 6.59. The highest BCUT2D eigenvalue weighted by Gasteiger charge is 2.22. The van der Waals surface area contributed by atoms with Gasteiger partial charge in [0.1, 0.15) is 11.5 Å². The van der Waals surface area contributed by atoms with Crippen molar-refractivity contribution < 1.29 is 19.1 Å². The first kappa shape index (κ1) is 19.1. The van der Waals surface area contributed by atoms with E-state index in [0.717, 1.165) is 23.5 Å². The van der Waals surface area contributed by atoms with Crippen molar-refractivity contribution in [3.05, 3.63) is 54.1 Å². The van der Waals surface area contributed by atoms with Crippen LogP contribution in [0.2, 0.25) is 0 Å². The van der Waals surface area contributed by atoms with Crippen LogP contribution in [0.4, 0.5) is 5.69 Å². The molecule has 0 saturated carbocycles. The van der Waals surface area contributed by atoms with Crippen LogP contribution in [0.5, 0.6) is 11.5 Å². The number of fused-ring (bicyclic) bond motifs is 1. The van der Waals surface area contributed by atoms with Crippen molar-refractivity contribution >= 4 is 29.3 Å². The molecule has 27 heavy (non-hydrogen) atoms. The summed E-state index contributed by atoms with van der Waals surface area (Å²) in [5.41, 5.74) is 1.70. The van der Waals surface area contributed by atoms with Gasteiger partial charge in [-0.3, -0.25) is 9.59 Å². The number of carbonyl (C=O) groups excluding carboxylic acids is 2. The van der Waals surface area contributed by atoms with E-state index in [9.17, 15) is 9.59 Å². The van der Waals surface area contributed by atoms with Gasteiger partial charge in [0.05, 0.1) is 31.3 Å². The number of thioether (sulfide) groups is 1. The molecule has 2 N–H and O–H groups in total. The highest BCUT2D eigenvalue weighted by molar-refractivity contribution is 8.00. The van der Waals surface area contributed by atoms with Gasteiger partial charge >= 0.3 is 0 Å². The van der Waals surface area contributed by atoms with E-state index >= 15 is 0 Å². The second-order valence-corrected chi connectivity index (χ2v) is 7.05. The molecule has 7 heteroatoms. The van der Waals surface area contributed by atoms with Crippen LogP contribution in [0.1, 0.15) is 18.0 Å². The summed E-state index contributed by atoms with van der Waals surface area (Å²) in [6, 6.07) is 14.8. The maximum Gasteiger partial charge on any atom is 0.234 e. The fourth-order valence-electron chi connectivity index (χ4n) is 2.84. The van der Waals surface area contributed by atoms with E-state index in [2.05, 4.69) is 10.6 Å². The second-order valence-electron chi connectivity index (χ2n) is 6.06. The number of carbonyl (C=O) groups is 2. The Balaban J connectivity index is 1.41. The molecule has 1 aliphatic heterocycles. The molecule has 0 spiro atoms. The van der Waals surface area contributed by atoms with Gasteiger partial charge < -0.3 is 20.1 Å². The third kappa shape index (κ3) is 5.40. The molecule has 0 saturated heterocycles. The van der Waals surface area contributed by atoms with Crippen molar-refractivity contribution in [3.63, 3.8) is 0 Å². The van der Waals surface area contributed by atoms with Gasteiger partial charge in [-0.2, -0.15) is 0 Å². The fraction of sp³-hybridized carbons (Fsp3) is 0.300. The number of methoxy groups -OCH3 is 1. The molecule has 1 aliphatic rings. The Morgan fingerprint density at radius 2 is 1.85 bits per heavy atom. The standard InChI is InChI=1S/C20H22N2O4S/c1-25-15-8-6-14(7-9-15)21-19(23)12-27-13-20(24)22-17-10-11-26-18-5-3-2-4-16(17)18/h2-9,17H,10-13H2,1H3,(H,21,23)(H,22,24)/t17-/m1/s1. The molecule has 0 radical (unpaired) electrons. The van der Waals surface area contributed by atoms with Crippen LogP contribution in [-0.4, -0.2) is 37.0 Å². The summed E-state index contributed by atoms with van der Waals surface area (Å²) in [5, 5.41) is 5.82. The molecule has 0 fully saturated rings. The molecule has 1 heterocycles. The Bertz CT molecular complexity index is 795. The maximum absolute atomic E-state index is 12.2. The van der Waals surface area contributed by atoms with Crippen LogP contribution in [0.25, 0.3) is 0 Å². The highest BCUT2D eigenvalue weighted by Crippen LogP contribution is 2.31. The average molecular weight is 386 g/mol. The molecule has 2 aromatic carbocycles. The quantitative estimate of drug-likeness (QED) is 0.765. The highest BCUT2D eigenvalue weighted by atomic mass is 32.2. The zero-order valence-corrected chi connectivity index (χ0v) is 15.9. The summed E-state index contributed by atoms with van der Waals surface area (Å²) < 4.78 is 10.7. The van der Waals surface area contributed by atoms with Gasteiger partial charge in [0.25, 0.3) is 0 Å². The molecule has 1 atom stereocenters. The SMILES string of the molecule is COc1ccc(NC(=O)CSCC(=O)N[C@@H]2CCOc3ccccc32)cc1. The number of para-hydroxylation sites is 1. The fourth-order valence-corrected chi connectivity index (χ4v) is 3.46. The molecular formula is C20H22N2O4S. The van der Waals surface area contributed by atoms with Crippen LogP contribution >= 0.6 is 11.8 Å². The smallest absolute Gasteiger partial charge is 0.234 e. The van der Waals surface area contributed by atoms with Crippen LogP contribution in [0, 0.1) is 0 Å². The van der Waals surface area contributed by atoms with Crippen LogP contribution < -0.4 is 20.1 Å². The summed E-state index contributed by atoms with van der Waals surface area (Å²) in [6.45, 7) is 0.583. The predicted octanol–water partition coefficient (Wildman–Crippen LogP) is 3.01. The van der Waals surface area contributed by atoms with Crippen molar-refractivity contribution in [2.45, 2.75) is 12.5 Å². The summed E-state index contributed by atoms with van der Waals surface area (Å²) >= 11 is 1.29. The van der Waals surface area contributed by atoms with Crippen LogP contribution in [-0.2, 0) is 9.59 Å². The number of benzene rings is 2. The van der Waals surface area contributed by atoms with Crippen molar-refractivity contribution in [1.82, 2.24) is 5.32 Å². The zero-order valence-electron chi connectivity index (χ0n) is 15.1. The molecule has 0 unspecified atom stereocenters. The lowest BCUT2D eigenvalue weighted by Crippen LogP contribution is -2.33. The lowest BCUT2D eigenvalue weighted by molar-refractivity contribution is -0.119. The normalized spacial score (nSPS) is 15.2. The van der Waals surface area contributed by atoms with Crippen molar-refractivity contribution in [2.24, 2.45) is 0 Å². The Hall–Kier alpha value is -2.67. The third-order valence-corrected chi connectivity index (χ3v) is 5.07. The Morgan fingerprint density at radius 3 is 2.63 bits per heavy atom. The van der Waals surface area contributed by atoms with Crippen LogP contribution in [0.15, 0.2) is 48.5 Å². The van der Waals surface area contributed by atoms with E-state index < -0.39 is 0 Å². The van der Waals surface area contributed by atoms with Gasteiger partial charge in [-0.05, 0) is 30.3 Å². The number of rotatable bonds is 7. The van der Waals surface area contributed by atoms with Gasteiger partial charge in [-0.15, -0.1) is 11.8 Å². The van der Waals surface area contributed by atoms with E-state index in [4.69, 9.17) is 9.47 Å². The minimum absolute atomic E-state index is 0.0452. The Morgan fingerprint density at radius 1 is 1.11 bits per heavy atom. The summed E-state index contributed by atoms with van der Waals surface area (Å²) in [5.74, 6) is 1.77. The summed E-state index contributed by atoms with van der Waals surface area (Å²) in [7, 11) is 1.59. The van der Waals surface area contributed by atoms with Gasteiger partial charge in [0, 0.05) is 17.7 Å². The monoisotopic (exact) mass is 386 g/mol. The second kappa shape index (κ2) is 9.32. The Labute approximate surface area is 162 Å². The zero-order chi connectivity index (χ0) is 19.1. The number of amides is 2. The molecule has 142 valence electrons. The van der Waals surface area contributed by atoms with E-state index in [-0.39, 0.29) is 29.4 Å². The van der Waals surface area contributed by atoms with Crippen LogP contribution in [0.3, 0.4) is 0 Å². The number of hydrogen-bond acceptors (Lipinski definition) is 5. The first-order chi connectivity index (χ1) is 13.2. The minimum atomic E-state index is -0.144. The molecule has 2 aromatic rings. The van der Waals surface area contributed by atoms with Crippen molar-refractivity contribution in [2.75, 3.05) is 30.5 Å². The van der Waals surface area contributed by atoms with Crippen molar-refractivity contribution in [3.8, 4) is 11.5 Å². The van der Waals surface area contributed by atoms with E-state index in [1.165, 1.54) is 11.8 Å². The number of nitrogens with one attached hydrogen (secondary N) is 2. The average Bonchev–Trinajstić information content (AvgIpc) is 2.69. The van der Waals surface area contributed by atoms with Gasteiger partial charge in [-0.1, -0.05) is 18.2 Å². The maximum atomic E-state index is 12.2. The summed E-state index contributed by atoms with van der Waals surface area (Å²) in [4.78, 5) is 24.2. The largest absolute Gasteiger partial charge is 0.497 e. The van der Waals surface area contributed by atoms with Crippen molar-refractivity contribution in [1.29, 1.82) is 0 Å².